The predicted octanol–water partition coefficient (Wildman–Crippen LogP) is 3.09. The molecule has 2 amide bonds. The summed E-state index contributed by atoms with van der Waals surface area (Å²) in [6.07, 6.45) is 1.59. The molecule has 1 unspecified atom stereocenters. The Morgan fingerprint density at radius 3 is 2.28 bits per heavy atom. The van der Waals surface area contributed by atoms with Crippen molar-refractivity contribution in [2.24, 2.45) is 0 Å². The summed E-state index contributed by atoms with van der Waals surface area (Å²) in [5, 5.41) is 3.00. The molecule has 5 heteroatoms. The third-order valence-corrected chi connectivity index (χ3v) is 4.70. The molecule has 5 nitrogen and oxygen atoms in total. The van der Waals surface area contributed by atoms with Gasteiger partial charge in [-0.2, -0.15) is 0 Å². The number of carbonyl (C=O) groups excluding carboxylic acids is 2. The fraction of sp³-hybridized carbons (Fsp3) is 0.600. The van der Waals surface area contributed by atoms with E-state index in [2.05, 4.69) is 19.2 Å². The summed E-state index contributed by atoms with van der Waals surface area (Å²) in [6, 6.07) is 8.10. The maximum atomic E-state index is 12.6. The van der Waals surface area contributed by atoms with Crippen LogP contribution in [-0.4, -0.2) is 41.9 Å². The summed E-state index contributed by atoms with van der Waals surface area (Å²) in [5.74, 6) is 1.28. The molecule has 1 saturated heterocycles. The van der Waals surface area contributed by atoms with Crippen LogP contribution in [0.1, 0.15) is 58.4 Å². The first kappa shape index (κ1) is 19.3. The van der Waals surface area contributed by atoms with Crippen molar-refractivity contribution in [1.29, 1.82) is 0 Å². The topological polar surface area (TPSA) is 58.6 Å². The third kappa shape index (κ3) is 5.48. The van der Waals surface area contributed by atoms with Crippen molar-refractivity contribution in [3.63, 3.8) is 0 Å². The van der Waals surface area contributed by atoms with Crippen LogP contribution in [0.3, 0.4) is 0 Å². The van der Waals surface area contributed by atoms with E-state index in [0.717, 1.165) is 18.6 Å². The van der Waals surface area contributed by atoms with E-state index in [9.17, 15) is 9.59 Å². The Morgan fingerprint density at radius 1 is 1.16 bits per heavy atom. The van der Waals surface area contributed by atoms with Gasteiger partial charge in [-0.05, 0) is 43.4 Å². The van der Waals surface area contributed by atoms with Crippen molar-refractivity contribution < 1.29 is 14.3 Å². The van der Waals surface area contributed by atoms with E-state index >= 15 is 0 Å². The van der Waals surface area contributed by atoms with E-state index in [-0.39, 0.29) is 17.9 Å². The van der Waals surface area contributed by atoms with Crippen LogP contribution in [-0.2, 0) is 9.59 Å². The van der Waals surface area contributed by atoms with E-state index in [1.165, 1.54) is 5.56 Å². The van der Waals surface area contributed by atoms with Crippen LogP contribution >= 0.6 is 0 Å². The molecule has 1 aromatic carbocycles. The molecule has 2 rings (SSSR count). The Morgan fingerprint density at radius 2 is 1.76 bits per heavy atom. The summed E-state index contributed by atoms with van der Waals surface area (Å²) < 4.78 is 5.81. The van der Waals surface area contributed by atoms with Crippen molar-refractivity contribution in [3.8, 4) is 5.75 Å². The van der Waals surface area contributed by atoms with Crippen LogP contribution in [0.15, 0.2) is 24.3 Å². The number of hydrogen-bond donors (Lipinski definition) is 1. The quantitative estimate of drug-likeness (QED) is 0.861. The Bertz CT molecular complexity index is 575. The molecular weight excluding hydrogens is 316 g/mol. The summed E-state index contributed by atoms with van der Waals surface area (Å²) in [7, 11) is 0. The molecule has 0 saturated carbocycles. The van der Waals surface area contributed by atoms with Gasteiger partial charge in [-0.1, -0.05) is 32.9 Å². The zero-order valence-electron chi connectivity index (χ0n) is 15.7. The number of carbonyl (C=O) groups is 2. The normalized spacial score (nSPS) is 16.6. The number of likely N-dealkylation sites (tertiary alicyclic amines) is 1. The second-order valence-electron chi connectivity index (χ2n) is 7.00. The zero-order valence-corrected chi connectivity index (χ0v) is 15.7. The van der Waals surface area contributed by atoms with Crippen LogP contribution in [0.2, 0.25) is 0 Å². The standard InChI is InChI=1S/C20H30N2O3/c1-5-19(23)21-17-10-12-22(13-11-17)20(24)15(4)25-18-8-6-16(7-9-18)14(2)3/h6-9,14-15,17H,5,10-13H2,1-4H3,(H,21,23). The summed E-state index contributed by atoms with van der Waals surface area (Å²) >= 11 is 0. The van der Waals surface area contributed by atoms with Gasteiger partial charge < -0.3 is 15.0 Å². The SMILES string of the molecule is CCC(=O)NC1CCN(C(=O)C(C)Oc2ccc(C(C)C)cc2)CC1. The average Bonchev–Trinajstić information content (AvgIpc) is 2.62. The average molecular weight is 346 g/mol. The maximum Gasteiger partial charge on any atom is 0.263 e. The highest BCUT2D eigenvalue weighted by molar-refractivity contribution is 5.81. The number of ether oxygens (including phenoxy) is 1. The Balaban J connectivity index is 1.83. The van der Waals surface area contributed by atoms with E-state index in [1.54, 1.807) is 6.92 Å². The lowest BCUT2D eigenvalue weighted by atomic mass is 10.0. The summed E-state index contributed by atoms with van der Waals surface area (Å²) in [4.78, 5) is 25.9. The number of hydrogen-bond acceptors (Lipinski definition) is 3. The smallest absolute Gasteiger partial charge is 0.263 e. The van der Waals surface area contributed by atoms with Gasteiger partial charge >= 0.3 is 0 Å². The molecular formula is C20H30N2O3. The van der Waals surface area contributed by atoms with E-state index in [1.807, 2.05) is 36.1 Å². The van der Waals surface area contributed by atoms with E-state index < -0.39 is 6.10 Å². The highest BCUT2D eigenvalue weighted by Gasteiger charge is 2.27. The maximum absolute atomic E-state index is 12.6. The molecule has 1 N–H and O–H groups in total. The third-order valence-electron chi connectivity index (χ3n) is 4.70. The van der Waals surface area contributed by atoms with Crippen molar-refractivity contribution in [2.45, 2.75) is 65.0 Å². The highest BCUT2D eigenvalue weighted by atomic mass is 16.5. The van der Waals surface area contributed by atoms with Crippen molar-refractivity contribution in [3.05, 3.63) is 29.8 Å². The molecule has 1 aromatic rings. The van der Waals surface area contributed by atoms with Crippen LogP contribution in [0.4, 0.5) is 0 Å². The van der Waals surface area contributed by atoms with Gasteiger partial charge in [0.15, 0.2) is 6.10 Å². The summed E-state index contributed by atoms with van der Waals surface area (Å²) in [6.45, 7) is 9.26. The summed E-state index contributed by atoms with van der Waals surface area (Å²) in [5.41, 5.74) is 1.25. The van der Waals surface area contributed by atoms with Crippen LogP contribution in [0.25, 0.3) is 0 Å². The molecule has 1 heterocycles. The minimum Gasteiger partial charge on any atom is -0.481 e. The highest BCUT2D eigenvalue weighted by Crippen LogP contribution is 2.20. The second-order valence-corrected chi connectivity index (χ2v) is 7.00. The Labute approximate surface area is 150 Å². The van der Waals surface area contributed by atoms with Gasteiger partial charge in [0.1, 0.15) is 5.75 Å². The van der Waals surface area contributed by atoms with Gasteiger partial charge in [-0.15, -0.1) is 0 Å². The molecule has 1 atom stereocenters. The molecule has 25 heavy (non-hydrogen) atoms. The van der Waals surface area contributed by atoms with Gasteiger partial charge in [0.25, 0.3) is 5.91 Å². The molecule has 1 fully saturated rings. The number of nitrogens with zero attached hydrogens (tertiary/aromatic N) is 1. The van der Waals surface area contributed by atoms with Crippen molar-refractivity contribution in [1.82, 2.24) is 10.2 Å². The monoisotopic (exact) mass is 346 g/mol. The molecule has 1 aliphatic heterocycles. The minimum atomic E-state index is -0.508. The fourth-order valence-electron chi connectivity index (χ4n) is 3.02. The van der Waals surface area contributed by atoms with Gasteiger partial charge in [0.2, 0.25) is 5.91 Å². The minimum absolute atomic E-state index is 0.00760. The second kappa shape index (κ2) is 8.88. The molecule has 138 valence electrons. The van der Waals surface area contributed by atoms with Crippen LogP contribution < -0.4 is 10.1 Å². The van der Waals surface area contributed by atoms with Gasteiger partial charge in [-0.3, -0.25) is 9.59 Å². The first-order valence-corrected chi connectivity index (χ1v) is 9.25. The molecule has 0 bridgehead atoms. The van der Waals surface area contributed by atoms with Crippen molar-refractivity contribution in [2.75, 3.05) is 13.1 Å². The van der Waals surface area contributed by atoms with Gasteiger partial charge in [0.05, 0.1) is 0 Å². The largest absolute Gasteiger partial charge is 0.481 e. The first-order chi connectivity index (χ1) is 11.9. The number of rotatable bonds is 6. The number of benzene rings is 1. The number of nitrogens with one attached hydrogen (secondary N) is 1. The zero-order chi connectivity index (χ0) is 18.4. The lowest BCUT2D eigenvalue weighted by Crippen LogP contribution is -2.49. The fourth-order valence-corrected chi connectivity index (χ4v) is 3.02. The molecule has 0 spiro atoms. The van der Waals surface area contributed by atoms with Gasteiger partial charge in [-0.25, -0.2) is 0 Å². The molecule has 0 aromatic heterocycles. The lowest BCUT2D eigenvalue weighted by Gasteiger charge is -2.33. The number of amides is 2. The Kier molecular flexibility index (Phi) is 6.85. The van der Waals surface area contributed by atoms with E-state index in [4.69, 9.17) is 4.74 Å². The predicted molar refractivity (Wildman–Crippen MR) is 98.7 cm³/mol. The van der Waals surface area contributed by atoms with Crippen LogP contribution in [0.5, 0.6) is 5.75 Å². The van der Waals surface area contributed by atoms with E-state index in [0.29, 0.717) is 25.4 Å². The molecule has 0 radical (unpaired) electrons. The van der Waals surface area contributed by atoms with Crippen molar-refractivity contribution >= 4 is 11.8 Å². The first-order valence-electron chi connectivity index (χ1n) is 9.25. The number of piperidine rings is 1. The molecule has 1 aliphatic rings. The molecule has 0 aliphatic carbocycles. The Hall–Kier alpha value is -2.04. The van der Waals surface area contributed by atoms with Crippen LogP contribution in [0, 0.1) is 0 Å². The lowest BCUT2D eigenvalue weighted by molar-refractivity contribution is -0.139. The van der Waals surface area contributed by atoms with Gasteiger partial charge in [0, 0.05) is 25.6 Å².